The van der Waals surface area contributed by atoms with Crippen LogP contribution in [0.25, 0.3) is 0 Å². The van der Waals surface area contributed by atoms with Crippen LogP contribution in [0.3, 0.4) is 0 Å². The van der Waals surface area contributed by atoms with Gasteiger partial charge in [-0.2, -0.15) is 13.2 Å². The van der Waals surface area contributed by atoms with E-state index in [1.54, 1.807) is 18.2 Å². The fourth-order valence-corrected chi connectivity index (χ4v) is 3.46. The van der Waals surface area contributed by atoms with Crippen molar-refractivity contribution in [2.75, 3.05) is 13.2 Å². The number of amides is 1. The molecule has 0 radical (unpaired) electrons. The van der Waals surface area contributed by atoms with Crippen LogP contribution in [0, 0.1) is 0 Å². The van der Waals surface area contributed by atoms with Crippen molar-refractivity contribution >= 4 is 21.8 Å². The number of hydrogen-bond donors (Lipinski definition) is 1. The number of halogens is 4. The third-order valence-corrected chi connectivity index (χ3v) is 4.87. The third kappa shape index (κ3) is 4.81. The Bertz CT molecular complexity index is 811. The molecule has 3 rings (SSSR count). The molecule has 0 spiro atoms. The van der Waals surface area contributed by atoms with Crippen LogP contribution in [0.15, 0.2) is 53.0 Å². The first-order valence-corrected chi connectivity index (χ1v) is 9.06. The van der Waals surface area contributed by atoms with Gasteiger partial charge >= 0.3 is 6.18 Å². The summed E-state index contributed by atoms with van der Waals surface area (Å²) in [7, 11) is 0. The second-order valence-electron chi connectivity index (χ2n) is 6.32. The van der Waals surface area contributed by atoms with Gasteiger partial charge in [0.1, 0.15) is 5.75 Å². The zero-order chi connectivity index (χ0) is 19.6. The van der Waals surface area contributed by atoms with Crippen LogP contribution in [0.2, 0.25) is 0 Å². The standard InChI is InChI=1S/C19H17BrF3NO3/c20-14-2-1-3-16(8-14)27-11-18(26)24-10-15(25)9-17(24)12-4-6-13(7-5-12)19(21,22)23/h1-8,15,17,25H,9-11H2/t15-,17+/m0/s1. The van der Waals surface area contributed by atoms with Gasteiger partial charge in [0, 0.05) is 11.0 Å². The molecule has 0 bridgehead atoms. The summed E-state index contributed by atoms with van der Waals surface area (Å²) in [6.07, 6.45) is -4.87. The summed E-state index contributed by atoms with van der Waals surface area (Å²) in [5.41, 5.74) is -0.198. The van der Waals surface area contributed by atoms with Crippen molar-refractivity contribution in [3.63, 3.8) is 0 Å². The highest BCUT2D eigenvalue weighted by Gasteiger charge is 2.36. The summed E-state index contributed by atoms with van der Waals surface area (Å²) in [5.74, 6) is 0.181. The van der Waals surface area contributed by atoms with Crippen LogP contribution in [0.5, 0.6) is 5.75 Å². The van der Waals surface area contributed by atoms with E-state index in [9.17, 15) is 23.1 Å². The molecule has 1 fully saturated rings. The van der Waals surface area contributed by atoms with Crippen LogP contribution < -0.4 is 4.74 Å². The van der Waals surface area contributed by atoms with E-state index < -0.39 is 23.9 Å². The Morgan fingerprint density at radius 1 is 1.22 bits per heavy atom. The highest BCUT2D eigenvalue weighted by atomic mass is 79.9. The summed E-state index contributed by atoms with van der Waals surface area (Å²) in [5, 5.41) is 9.96. The van der Waals surface area contributed by atoms with Gasteiger partial charge in [-0.25, -0.2) is 0 Å². The normalized spacial score (nSPS) is 20.0. The van der Waals surface area contributed by atoms with Gasteiger partial charge in [0.15, 0.2) is 6.61 Å². The Balaban J connectivity index is 1.70. The maximum Gasteiger partial charge on any atom is 0.416 e. The van der Waals surface area contributed by atoms with Crippen LogP contribution >= 0.6 is 15.9 Å². The Morgan fingerprint density at radius 3 is 2.56 bits per heavy atom. The Hall–Kier alpha value is -2.06. The van der Waals surface area contributed by atoms with Gasteiger partial charge in [0.2, 0.25) is 0 Å². The number of β-amino-alcohol motifs (C(OH)–C–C–N with tert-alkyl or cyclic N) is 1. The maximum atomic E-state index is 12.7. The summed E-state index contributed by atoms with van der Waals surface area (Å²) < 4.78 is 44.5. The number of benzene rings is 2. The molecule has 0 saturated carbocycles. The molecule has 2 aromatic rings. The maximum absolute atomic E-state index is 12.7. The number of rotatable bonds is 4. The number of hydrogen-bond acceptors (Lipinski definition) is 3. The van der Waals surface area contributed by atoms with Gasteiger partial charge in [-0.15, -0.1) is 0 Å². The van der Waals surface area contributed by atoms with Gasteiger partial charge in [0.25, 0.3) is 5.91 Å². The first-order chi connectivity index (χ1) is 12.7. The average Bonchev–Trinajstić information content (AvgIpc) is 3.01. The van der Waals surface area contributed by atoms with Crippen LogP contribution in [0.4, 0.5) is 13.2 Å². The van der Waals surface area contributed by atoms with Crippen molar-refractivity contribution in [1.82, 2.24) is 4.90 Å². The lowest BCUT2D eigenvalue weighted by atomic mass is 10.0. The second-order valence-corrected chi connectivity index (χ2v) is 7.23. The summed E-state index contributed by atoms with van der Waals surface area (Å²) in [4.78, 5) is 14.0. The predicted molar refractivity (Wildman–Crippen MR) is 96.2 cm³/mol. The molecule has 8 heteroatoms. The zero-order valence-corrected chi connectivity index (χ0v) is 15.7. The van der Waals surface area contributed by atoms with E-state index in [0.29, 0.717) is 11.3 Å². The van der Waals surface area contributed by atoms with E-state index in [-0.39, 0.29) is 25.5 Å². The average molecular weight is 444 g/mol. The van der Waals surface area contributed by atoms with Crippen molar-refractivity contribution in [3.8, 4) is 5.75 Å². The molecule has 27 heavy (non-hydrogen) atoms. The molecule has 0 aromatic heterocycles. The Labute approximate surface area is 162 Å². The molecular formula is C19H17BrF3NO3. The minimum atomic E-state index is -4.42. The zero-order valence-electron chi connectivity index (χ0n) is 14.1. The van der Waals surface area contributed by atoms with Crippen molar-refractivity contribution in [3.05, 3.63) is 64.1 Å². The Kier molecular flexibility index (Phi) is 5.76. The summed E-state index contributed by atoms with van der Waals surface area (Å²) in [6.45, 7) is -0.104. The minimum Gasteiger partial charge on any atom is -0.484 e. The number of carbonyl (C=O) groups excluding carboxylic acids is 1. The smallest absolute Gasteiger partial charge is 0.416 e. The van der Waals surface area contributed by atoms with E-state index in [2.05, 4.69) is 15.9 Å². The largest absolute Gasteiger partial charge is 0.484 e. The van der Waals surface area contributed by atoms with Crippen molar-refractivity contribution < 1.29 is 27.8 Å². The lowest BCUT2D eigenvalue weighted by molar-refractivity contribution is -0.138. The highest BCUT2D eigenvalue weighted by Crippen LogP contribution is 2.35. The molecule has 2 aromatic carbocycles. The van der Waals surface area contributed by atoms with E-state index in [4.69, 9.17) is 4.74 Å². The monoisotopic (exact) mass is 443 g/mol. The fourth-order valence-electron chi connectivity index (χ4n) is 3.08. The minimum absolute atomic E-state index is 0.117. The van der Waals surface area contributed by atoms with Crippen molar-refractivity contribution in [2.24, 2.45) is 0 Å². The molecule has 1 aliphatic heterocycles. The molecule has 0 unspecified atom stereocenters. The first kappa shape index (κ1) is 19.7. The number of aliphatic hydroxyl groups excluding tert-OH is 1. The quantitative estimate of drug-likeness (QED) is 0.770. The highest BCUT2D eigenvalue weighted by molar-refractivity contribution is 9.10. The van der Waals surface area contributed by atoms with Crippen molar-refractivity contribution in [2.45, 2.75) is 24.7 Å². The van der Waals surface area contributed by atoms with E-state index in [0.717, 1.165) is 16.6 Å². The van der Waals surface area contributed by atoms with Gasteiger partial charge in [-0.1, -0.05) is 34.1 Å². The van der Waals surface area contributed by atoms with Crippen molar-refractivity contribution in [1.29, 1.82) is 0 Å². The van der Waals surface area contributed by atoms with E-state index >= 15 is 0 Å². The van der Waals surface area contributed by atoms with Crippen LogP contribution in [0.1, 0.15) is 23.6 Å². The molecule has 1 aliphatic rings. The molecule has 1 N–H and O–H groups in total. The lowest BCUT2D eigenvalue weighted by Crippen LogP contribution is -2.35. The fraction of sp³-hybridized carbons (Fsp3) is 0.316. The molecular weight excluding hydrogens is 427 g/mol. The number of carbonyl (C=O) groups is 1. The first-order valence-electron chi connectivity index (χ1n) is 8.27. The van der Waals surface area contributed by atoms with Gasteiger partial charge < -0.3 is 14.7 Å². The summed E-state index contributed by atoms with van der Waals surface area (Å²) in [6, 6.07) is 11.2. The van der Waals surface area contributed by atoms with Crippen LogP contribution in [-0.2, 0) is 11.0 Å². The van der Waals surface area contributed by atoms with E-state index in [1.165, 1.54) is 17.0 Å². The van der Waals surface area contributed by atoms with Gasteiger partial charge in [-0.3, -0.25) is 4.79 Å². The summed E-state index contributed by atoms with van der Waals surface area (Å²) >= 11 is 3.31. The molecule has 1 amide bonds. The molecule has 0 aliphatic carbocycles. The van der Waals surface area contributed by atoms with Gasteiger partial charge in [-0.05, 0) is 42.3 Å². The molecule has 1 heterocycles. The number of likely N-dealkylation sites (tertiary alicyclic amines) is 1. The Morgan fingerprint density at radius 2 is 1.93 bits per heavy atom. The van der Waals surface area contributed by atoms with E-state index in [1.807, 2.05) is 6.07 Å². The lowest BCUT2D eigenvalue weighted by Gasteiger charge is -2.25. The molecule has 4 nitrogen and oxygen atoms in total. The SMILES string of the molecule is O=C(COc1cccc(Br)c1)N1C[C@@H](O)C[C@@H]1c1ccc(C(F)(F)F)cc1. The number of aliphatic hydroxyl groups is 1. The topological polar surface area (TPSA) is 49.8 Å². The van der Waals surface area contributed by atoms with Gasteiger partial charge in [0.05, 0.1) is 17.7 Å². The predicted octanol–water partition coefficient (Wildman–Crippen LogP) is 4.18. The molecule has 1 saturated heterocycles. The van der Waals surface area contributed by atoms with Crippen LogP contribution in [-0.4, -0.2) is 35.2 Å². The third-order valence-electron chi connectivity index (χ3n) is 4.38. The number of nitrogens with zero attached hydrogens (tertiary/aromatic N) is 1. The second kappa shape index (κ2) is 7.90. The number of alkyl halides is 3. The molecule has 2 atom stereocenters. The molecule has 144 valence electrons. The number of ether oxygens (including phenoxy) is 1.